The van der Waals surface area contributed by atoms with Gasteiger partial charge in [0.25, 0.3) is 0 Å². The fraction of sp³-hybridized carbons (Fsp3) is 0.400. The normalized spacial score (nSPS) is 10.5. The molecule has 80 valence electrons. The smallest absolute Gasteiger partial charge is 0.0133 e. The van der Waals surface area contributed by atoms with Gasteiger partial charge in [0.05, 0.1) is 0 Å². The van der Waals surface area contributed by atoms with Crippen molar-refractivity contribution < 1.29 is 0 Å². The lowest BCUT2D eigenvalue weighted by atomic mass is 9.89. The summed E-state index contributed by atoms with van der Waals surface area (Å²) in [7, 11) is 0. The van der Waals surface area contributed by atoms with Gasteiger partial charge in [0.1, 0.15) is 0 Å². The van der Waals surface area contributed by atoms with Gasteiger partial charge in [-0.15, -0.1) is 5.73 Å². The molecule has 0 fully saturated rings. The summed E-state index contributed by atoms with van der Waals surface area (Å²) in [6.45, 7) is 12.6. The van der Waals surface area contributed by atoms with Gasteiger partial charge in [-0.3, -0.25) is 0 Å². The Balaban J connectivity index is 3.26. The zero-order chi connectivity index (χ0) is 11.4. The number of rotatable bonds is 3. The topological polar surface area (TPSA) is 0 Å². The Kier molecular flexibility index (Phi) is 3.94. The van der Waals surface area contributed by atoms with Crippen molar-refractivity contribution in [3.63, 3.8) is 0 Å². The van der Waals surface area contributed by atoms with E-state index in [1.54, 1.807) is 0 Å². The highest BCUT2D eigenvalue weighted by Gasteiger charge is 2.09. The van der Waals surface area contributed by atoms with Crippen LogP contribution in [0.2, 0.25) is 0 Å². The second-order valence-electron chi connectivity index (χ2n) is 4.55. The van der Waals surface area contributed by atoms with Crippen LogP contribution in [0.25, 0.3) is 6.08 Å². The minimum absolute atomic E-state index is 0.570. The van der Waals surface area contributed by atoms with Gasteiger partial charge in [-0.1, -0.05) is 52.5 Å². The molecule has 0 saturated heterocycles. The molecule has 0 aliphatic carbocycles. The van der Waals surface area contributed by atoms with E-state index in [2.05, 4.69) is 58.2 Å². The van der Waals surface area contributed by atoms with Crippen LogP contribution in [-0.2, 0) is 0 Å². The van der Waals surface area contributed by atoms with E-state index in [9.17, 15) is 0 Å². The lowest BCUT2D eigenvalue weighted by Crippen LogP contribution is -1.98. The van der Waals surface area contributed by atoms with Gasteiger partial charge < -0.3 is 0 Å². The standard InChI is InChI=1S/C15H20/c1-6-7-13-8-9-14(11(2)3)15(10-13)12(4)5/h7-12H,1H2,2-5H3. The summed E-state index contributed by atoms with van der Waals surface area (Å²) >= 11 is 0. The molecular formula is C15H20. The van der Waals surface area contributed by atoms with Crippen molar-refractivity contribution in [2.75, 3.05) is 0 Å². The molecule has 0 heteroatoms. The maximum atomic E-state index is 3.61. The van der Waals surface area contributed by atoms with Crippen LogP contribution < -0.4 is 0 Å². The van der Waals surface area contributed by atoms with Gasteiger partial charge in [-0.05, 0) is 34.6 Å². The Morgan fingerprint density at radius 1 is 1.07 bits per heavy atom. The molecule has 1 rings (SSSR count). The molecular weight excluding hydrogens is 180 g/mol. The van der Waals surface area contributed by atoms with Crippen LogP contribution in [0.4, 0.5) is 0 Å². The second-order valence-corrected chi connectivity index (χ2v) is 4.55. The van der Waals surface area contributed by atoms with E-state index in [1.165, 1.54) is 16.7 Å². The Morgan fingerprint density at radius 3 is 2.13 bits per heavy atom. The van der Waals surface area contributed by atoms with E-state index in [-0.39, 0.29) is 0 Å². The SMILES string of the molecule is C=C=Cc1ccc(C(C)C)c(C(C)C)c1. The Morgan fingerprint density at radius 2 is 1.67 bits per heavy atom. The van der Waals surface area contributed by atoms with Crippen molar-refractivity contribution in [3.8, 4) is 0 Å². The second kappa shape index (κ2) is 5.00. The van der Waals surface area contributed by atoms with E-state index in [1.807, 2.05) is 6.08 Å². The lowest BCUT2D eigenvalue weighted by molar-refractivity contribution is 0.790. The van der Waals surface area contributed by atoms with Crippen molar-refractivity contribution in [1.29, 1.82) is 0 Å². The summed E-state index contributed by atoms with van der Waals surface area (Å²) in [5, 5.41) is 0. The predicted octanol–water partition coefficient (Wildman–Crippen LogP) is 4.73. The zero-order valence-corrected chi connectivity index (χ0v) is 10.2. The summed E-state index contributed by atoms with van der Waals surface area (Å²) in [4.78, 5) is 0. The van der Waals surface area contributed by atoms with Crippen LogP contribution in [0.15, 0.2) is 30.5 Å². The molecule has 0 unspecified atom stereocenters. The maximum absolute atomic E-state index is 3.61. The third-order valence-corrected chi connectivity index (χ3v) is 2.62. The Hall–Kier alpha value is -1.26. The van der Waals surface area contributed by atoms with E-state index >= 15 is 0 Å². The fourth-order valence-electron chi connectivity index (χ4n) is 1.83. The fourth-order valence-corrected chi connectivity index (χ4v) is 1.83. The van der Waals surface area contributed by atoms with Gasteiger partial charge in [0.15, 0.2) is 0 Å². The van der Waals surface area contributed by atoms with Crippen LogP contribution in [0.1, 0.15) is 56.2 Å². The molecule has 0 aliphatic rings. The summed E-state index contributed by atoms with van der Waals surface area (Å²) in [5.41, 5.74) is 6.91. The predicted molar refractivity (Wildman–Crippen MR) is 68.2 cm³/mol. The summed E-state index contributed by atoms with van der Waals surface area (Å²) in [6, 6.07) is 6.61. The first kappa shape index (κ1) is 11.8. The first-order valence-electron chi connectivity index (χ1n) is 5.56. The van der Waals surface area contributed by atoms with Crippen molar-refractivity contribution in [1.82, 2.24) is 0 Å². The molecule has 0 aromatic heterocycles. The molecule has 0 radical (unpaired) electrons. The Labute approximate surface area is 93.3 Å². The van der Waals surface area contributed by atoms with Crippen LogP contribution in [0.5, 0.6) is 0 Å². The zero-order valence-electron chi connectivity index (χ0n) is 10.2. The third-order valence-electron chi connectivity index (χ3n) is 2.62. The quantitative estimate of drug-likeness (QED) is 0.619. The van der Waals surface area contributed by atoms with E-state index in [4.69, 9.17) is 0 Å². The summed E-state index contributed by atoms with van der Waals surface area (Å²) in [5.74, 6) is 1.16. The van der Waals surface area contributed by atoms with Gasteiger partial charge in [-0.2, -0.15) is 0 Å². The average molecular weight is 200 g/mol. The minimum Gasteiger partial charge on any atom is -0.128 e. The molecule has 0 N–H and O–H groups in total. The van der Waals surface area contributed by atoms with Gasteiger partial charge >= 0.3 is 0 Å². The van der Waals surface area contributed by atoms with Crippen LogP contribution >= 0.6 is 0 Å². The molecule has 15 heavy (non-hydrogen) atoms. The molecule has 0 heterocycles. The molecule has 1 aromatic carbocycles. The minimum atomic E-state index is 0.570. The molecule has 0 nitrogen and oxygen atoms in total. The lowest BCUT2D eigenvalue weighted by Gasteiger charge is -2.16. The highest BCUT2D eigenvalue weighted by Crippen LogP contribution is 2.27. The molecule has 0 bridgehead atoms. The highest BCUT2D eigenvalue weighted by molar-refractivity contribution is 5.52. The van der Waals surface area contributed by atoms with Crippen molar-refractivity contribution in [2.24, 2.45) is 0 Å². The Bertz CT molecular complexity index is 377. The number of hydrogen-bond donors (Lipinski definition) is 0. The van der Waals surface area contributed by atoms with Crippen molar-refractivity contribution in [3.05, 3.63) is 47.2 Å². The van der Waals surface area contributed by atoms with Crippen molar-refractivity contribution in [2.45, 2.75) is 39.5 Å². The van der Waals surface area contributed by atoms with Crippen LogP contribution in [0.3, 0.4) is 0 Å². The van der Waals surface area contributed by atoms with Gasteiger partial charge in [-0.25, -0.2) is 0 Å². The van der Waals surface area contributed by atoms with Gasteiger partial charge in [0, 0.05) is 0 Å². The molecule has 0 spiro atoms. The van der Waals surface area contributed by atoms with Crippen molar-refractivity contribution >= 4 is 6.08 Å². The summed E-state index contributed by atoms with van der Waals surface area (Å²) < 4.78 is 0. The monoisotopic (exact) mass is 200 g/mol. The largest absolute Gasteiger partial charge is 0.128 e. The third kappa shape index (κ3) is 2.84. The molecule has 0 amide bonds. The average Bonchev–Trinajstić information content (AvgIpc) is 2.17. The first-order valence-corrected chi connectivity index (χ1v) is 5.56. The molecule has 0 atom stereocenters. The molecule has 0 aliphatic heterocycles. The van der Waals surface area contributed by atoms with E-state index in [0.717, 1.165) is 0 Å². The first-order chi connectivity index (χ1) is 7.06. The summed E-state index contributed by atoms with van der Waals surface area (Å²) in [6.07, 6.45) is 1.93. The van der Waals surface area contributed by atoms with Gasteiger partial charge in [0.2, 0.25) is 0 Å². The maximum Gasteiger partial charge on any atom is -0.0133 e. The van der Waals surface area contributed by atoms with E-state index in [0.29, 0.717) is 11.8 Å². The molecule has 1 aromatic rings. The van der Waals surface area contributed by atoms with Crippen LogP contribution in [-0.4, -0.2) is 0 Å². The highest BCUT2D eigenvalue weighted by atomic mass is 14.1. The number of benzene rings is 1. The van der Waals surface area contributed by atoms with Crippen LogP contribution in [0, 0.1) is 0 Å². The molecule has 0 saturated carbocycles. The number of hydrogen-bond acceptors (Lipinski definition) is 0. The van der Waals surface area contributed by atoms with E-state index < -0.39 is 0 Å².